The first-order valence-corrected chi connectivity index (χ1v) is 5.42. The van der Waals surface area contributed by atoms with Crippen LogP contribution in [0, 0.1) is 0 Å². The lowest BCUT2D eigenvalue weighted by Gasteiger charge is -2.09. The van der Waals surface area contributed by atoms with Gasteiger partial charge in [0.05, 0.1) is 4.99 Å². The molecule has 0 bridgehead atoms. The largest absolute Gasteiger partial charge is 0.350 e. The summed E-state index contributed by atoms with van der Waals surface area (Å²) < 4.78 is 0. The van der Waals surface area contributed by atoms with Gasteiger partial charge >= 0.3 is 0 Å². The van der Waals surface area contributed by atoms with Gasteiger partial charge in [-0.3, -0.25) is 4.79 Å². The van der Waals surface area contributed by atoms with E-state index in [2.05, 4.69) is 11.4 Å². The minimum Gasteiger partial charge on any atom is -0.350 e. The smallest absolute Gasteiger partial charge is 0.136 e. The quantitative estimate of drug-likeness (QED) is 0.775. The second-order valence-electron chi connectivity index (χ2n) is 3.97. The first-order chi connectivity index (χ1) is 7.08. The SMILES string of the molecule is CC(=O)C(C)c1ccc2c(c1)CC(=S)N2. The van der Waals surface area contributed by atoms with E-state index in [-0.39, 0.29) is 11.7 Å². The van der Waals surface area contributed by atoms with Crippen LogP contribution in [0.4, 0.5) is 5.69 Å². The molecule has 15 heavy (non-hydrogen) atoms. The van der Waals surface area contributed by atoms with Crippen LogP contribution >= 0.6 is 12.2 Å². The Hall–Kier alpha value is -1.22. The summed E-state index contributed by atoms with van der Waals surface area (Å²) in [6, 6.07) is 6.07. The molecule has 1 unspecified atom stereocenters. The van der Waals surface area contributed by atoms with Crippen LogP contribution < -0.4 is 5.32 Å². The fraction of sp³-hybridized carbons (Fsp3) is 0.333. The third-order valence-corrected chi connectivity index (χ3v) is 3.11. The number of rotatable bonds is 2. The summed E-state index contributed by atoms with van der Waals surface area (Å²) in [6.45, 7) is 3.56. The van der Waals surface area contributed by atoms with Gasteiger partial charge in [-0.05, 0) is 24.1 Å². The summed E-state index contributed by atoms with van der Waals surface area (Å²) >= 11 is 5.11. The minimum absolute atomic E-state index is 0.0236. The van der Waals surface area contributed by atoms with E-state index in [1.807, 2.05) is 19.1 Å². The molecule has 1 heterocycles. The Morgan fingerprint density at radius 2 is 2.27 bits per heavy atom. The van der Waals surface area contributed by atoms with E-state index in [9.17, 15) is 4.79 Å². The van der Waals surface area contributed by atoms with E-state index in [0.29, 0.717) is 0 Å². The van der Waals surface area contributed by atoms with Crippen LogP contribution in [-0.2, 0) is 11.2 Å². The summed E-state index contributed by atoms with van der Waals surface area (Å²) in [7, 11) is 0. The molecule has 0 amide bonds. The van der Waals surface area contributed by atoms with Crippen LogP contribution in [-0.4, -0.2) is 10.8 Å². The molecule has 0 saturated heterocycles. The molecular weight excluding hydrogens is 206 g/mol. The lowest BCUT2D eigenvalue weighted by atomic mass is 9.95. The van der Waals surface area contributed by atoms with Crippen molar-refractivity contribution in [3.05, 3.63) is 29.3 Å². The third-order valence-electron chi connectivity index (χ3n) is 2.86. The summed E-state index contributed by atoms with van der Waals surface area (Å²) in [5.41, 5.74) is 3.36. The maximum Gasteiger partial charge on any atom is 0.136 e. The van der Waals surface area contributed by atoms with E-state index < -0.39 is 0 Å². The van der Waals surface area contributed by atoms with Crippen LogP contribution in [0.15, 0.2) is 18.2 Å². The van der Waals surface area contributed by atoms with Crippen molar-refractivity contribution in [3.8, 4) is 0 Å². The topological polar surface area (TPSA) is 29.1 Å². The van der Waals surface area contributed by atoms with Crippen molar-refractivity contribution in [1.82, 2.24) is 0 Å². The first-order valence-electron chi connectivity index (χ1n) is 5.01. The van der Waals surface area contributed by atoms with Gasteiger partial charge in [-0.15, -0.1) is 0 Å². The standard InChI is InChI=1S/C12H13NOS/c1-7(8(2)14)9-3-4-11-10(5-9)6-12(15)13-11/h3-5,7H,6H2,1-2H3,(H,13,15). The van der Waals surface area contributed by atoms with Crippen molar-refractivity contribution < 1.29 is 4.79 Å². The van der Waals surface area contributed by atoms with Crippen LogP contribution in [0.3, 0.4) is 0 Å². The van der Waals surface area contributed by atoms with Crippen molar-refractivity contribution in [2.75, 3.05) is 5.32 Å². The minimum atomic E-state index is -0.0236. The highest BCUT2D eigenvalue weighted by molar-refractivity contribution is 7.80. The molecule has 1 aromatic carbocycles. The van der Waals surface area contributed by atoms with Gasteiger partial charge in [-0.1, -0.05) is 31.3 Å². The van der Waals surface area contributed by atoms with E-state index in [0.717, 1.165) is 22.7 Å². The predicted molar refractivity (Wildman–Crippen MR) is 65.5 cm³/mol. The number of ketones is 1. The number of hydrogen-bond donors (Lipinski definition) is 1. The molecule has 1 aliphatic rings. The number of anilines is 1. The van der Waals surface area contributed by atoms with Gasteiger partial charge in [-0.2, -0.15) is 0 Å². The van der Waals surface area contributed by atoms with E-state index >= 15 is 0 Å². The molecule has 2 rings (SSSR count). The fourth-order valence-electron chi connectivity index (χ4n) is 1.75. The molecule has 3 heteroatoms. The van der Waals surface area contributed by atoms with Crippen molar-refractivity contribution in [3.63, 3.8) is 0 Å². The molecule has 1 atom stereocenters. The van der Waals surface area contributed by atoms with Crippen molar-refractivity contribution >= 4 is 28.7 Å². The summed E-state index contributed by atoms with van der Waals surface area (Å²) in [5, 5.41) is 3.14. The zero-order valence-electron chi connectivity index (χ0n) is 8.83. The van der Waals surface area contributed by atoms with Crippen molar-refractivity contribution in [2.24, 2.45) is 0 Å². The monoisotopic (exact) mass is 219 g/mol. The molecule has 1 N–H and O–H groups in total. The molecule has 0 saturated carbocycles. The van der Waals surface area contributed by atoms with Gasteiger partial charge in [-0.25, -0.2) is 0 Å². The lowest BCUT2D eigenvalue weighted by molar-refractivity contribution is -0.118. The fourth-order valence-corrected chi connectivity index (χ4v) is 2.02. The summed E-state index contributed by atoms with van der Waals surface area (Å²) in [5.74, 6) is 0.174. The molecule has 0 fully saturated rings. The lowest BCUT2D eigenvalue weighted by Crippen LogP contribution is -2.04. The van der Waals surface area contributed by atoms with Gasteiger partial charge in [0.1, 0.15) is 5.78 Å². The average molecular weight is 219 g/mol. The summed E-state index contributed by atoms with van der Waals surface area (Å²) in [6.07, 6.45) is 0.795. The maximum atomic E-state index is 11.3. The molecule has 78 valence electrons. The molecule has 1 aliphatic heterocycles. The molecule has 0 radical (unpaired) electrons. The van der Waals surface area contributed by atoms with Gasteiger partial charge in [0, 0.05) is 18.0 Å². The van der Waals surface area contributed by atoms with E-state index in [4.69, 9.17) is 12.2 Å². The molecule has 1 aromatic rings. The molecule has 0 aliphatic carbocycles. The average Bonchev–Trinajstić information content (AvgIpc) is 2.55. The normalized spacial score (nSPS) is 15.7. The van der Waals surface area contributed by atoms with E-state index in [1.54, 1.807) is 6.92 Å². The first kappa shape index (κ1) is 10.3. The Morgan fingerprint density at radius 3 is 2.93 bits per heavy atom. The predicted octanol–water partition coefficient (Wildman–Crippen LogP) is 2.67. The van der Waals surface area contributed by atoms with Crippen molar-refractivity contribution in [1.29, 1.82) is 0 Å². The third kappa shape index (κ3) is 1.92. The second kappa shape index (κ2) is 3.74. The van der Waals surface area contributed by atoms with Crippen LogP contribution in [0.1, 0.15) is 30.9 Å². The molecule has 0 spiro atoms. The molecule has 0 aromatic heterocycles. The van der Waals surface area contributed by atoms with Gasteiger partial charge in [0.25, 0.3) is 0 Å². The van der Waals surface area contributed by atoms with Gasteiger partial charge < -0.3 is 5.32 Å². The number of hydrogen-bond acceptors (Lipinski definition) is 2. The number of thiocarbonyl (C=S) groups is 1. The van der Waals surface area contributed by atoms with Gasteiger partial charge in [0.15, 0.2) is 0 Å². The molecule has 2 nitrogen and oxygen atoms in total. The van der Waals surface area contributed by atoms with E-state index in [1.165, 1.54) is 5.56 Å². The maximum absolute atomic E-state index is 11.3. The van der Waals surface area contributed by atoms with Crippen LogP contribution in [0.5, 0.6) is 0 Å². The van der Waals surface area contributed by atoms with Crippen LogP contribution in [0.2, 0.25) is 0 Å². The number of benzene rings is 1. The highest BCUT2D eigenvalue weighted by Crippen LogP contribution is 2.27. The number of carbonyl (C=O) groups excluding carboxylic acids is 1. The van der Waals surface area contributed by atoms with Gasteiger partial charge in [0.2, 0.25) is 0 Å². The second-order valence-corrected chi connectivity index (χ2v) is 4.47. The zero-order chi connectivity index (χ0) is 11.0. The number of nitrogens with one attached hydrogen (secondary N) is 1. The highest BCUT2D eigenvalue weighted by atomic mass is 32.1. The number of carbonyl (C=O) groups is 1. The Balaban J connectivity index is 2.35. The zero-order valence-corrected chi connectivity index (χ0v) is 9.65. The highest BCUT2D eigenvalue weighted by Gasteiger charge is 2.17. The summed E-state index contributed by atoms with van der Waals surface area (Å²) in [4.78, 5) is 12.1. The Bertz CT molecular complexity index is 439. The Kier molecular flexibility index (Phi) is 2.57. The Labute approximate surface area is 94.7 Å². The van der Waals surface area contributed by atoms with Crippen LogP contribution in [0.25, 0.3) is 0 Å². The number of Topliss-reactive ketones (excluding diaryl/α,β-unsaturated/α-hetero) is 1. The van der Waals surface area contributed by atoms with Crippen molar-refractivity contribution in [2.45, 2.75) is 26.2 Å². The molecular formula is C12H13NOS. The number of fused-ring (bicyclic) bond motifs is 1. The Morgan fingerprint density at radius 1 is 1.53 bits per heavy atom.